The molecule has 0 saturated carbocycles. The molecule has 0 spiro atoms. The fraction of sp³-hybridized carbons (Fsp3) is 0.417. The van der Waals surface area contributed by atoms with Gasteiger partial charge in [0.2, 0.25) is 0 Å². The van der Waals surface area contributed by atoms with Crippen LogP contribution in [0.15, 0.2) is 18.2 Å². The van der Waals surface area contributed by atoms with Gasteiger partial charge < -0.3 is 4.74 Å². The molecule has 0 bridgehead atoms. The molecule has 1 aromatic rings. The molecule has 1 rings (SSSR count). The quantitative estimate of drug-likeness (QED) is 0.761. The number of rotatable bonds is 5. The second-order valence-corrected chi connectivity index (χ2v) is 5.11. The van der Waals surface area contributed by atoms with Crippen molar-refractivity contribution in [2.45, 2.75) is 24.3 Å². The first-order valence-electron chi connectivity index (χ1n) is 5.14. The summed E-state index contributed by atoms with van der Waals surface area (Å²) in [5.41, 5.74) is 0.573. The Morgan fingerprint density at radius 2 is 1.94 bits per heavy atom. The Kier molecular flexibility index (Phi) is 5.41. The molecule has 0 aliphatic rings. The average molecular weight is 260 g/mol. The third kappa shape index (κ3) is 5.17. The molecule has 94 valence electrons. The number of halogens is 2. The first kappa shape index (κ1) is 14.0. The van der Waals surface area contributed by atoms with Gasteiger partial charge in [0.05, 0.1) is 13.5 Å². The number of methoxy groups -OCH3 is 1. The summed E-state index contributed by atoms with van der Waals surface area (Å²) in [6.07, 6.45) is 0.291. The highest BCUT2D eigenvalue weighted by molar-refractivity contribution is 7.99. The fourth-order valence-electron chi connectivity index (χ4n) is 1.31. The topological polar surface area (TPSA) is 26.3 Å². The lowest BCUT2D eigenvalue weighted by Gasteiger charge is -2.09. The van der Waals surface area contributed by atoms with Crippen LogP contribution in [0.25, 0.3) is 0 Å². The Hall–Kier alpha value is -1.10. The van der Waals surface area contributed by atoms with E-state index in [0.29, 0.717) is 17.7 Å². The van der Waals surface area contributed by atoms with Crippen molar-refractivity contribution in [1.82, 2.24) is 0 Å². The molecule has 1 unspecified atom stereocenters. The van der Waals surface area contributed by atoms with Gasteiger partial charge in [-0.1, -0.05) is 6.92 Å². The van der Waals surface area contributed by atoms with Crippen LogP contribution in [0.4, 0.5) is 8.78 Å². The number of esters is 1. The normalized spacial score (nSPS) is 12.2. The van der Waals surface area contributed by atoms with Crippen LogP contribution >= 0.6 is 11.8 Å². The number of thioether (sulfide) groups is 1. The van der Waals surface area contributed by atoms with E-state index in [9.17, 15) is 13.6 Å². The maximum atomic E-state index is 12.9. The highest BCUT2D eigenvalue weighted by Gasteiger charge is 2.10. The van der Waals surface area contributed by atoms with Crippen LogP contribution in [0.2, 0.25) is 0 Å². The van der Waals surface area contributed by atoms with E-state index < -0.39 is 11.6 Å². The van der Waals surface area contributed by atoms with Gasteiger partial charge in [-0.25, -0.2) is 8.78 Å². The molecule has 0 fully saturated rings. The SMILES string of the molecule is COC(=O)CC(C)SCc1cc(F)cc(F)c1. The van der Waals surface area contributed by atoms with E-state index in [1.165, 1.54) is 31.0 Å². The van der Waals surface area contributed by atoms with Crippen LogP contribution in [-0.2, 0) is 15.3 Å². The summed E-state index contributed by atoms with van der Waals surface area (Å²) in [4.78, 5) is 11.0. The zero-order chi connectivity index (χ0) is 12.8. The third-order valence-corrected chi connectivity index (χ3v) is 3.37. The minimum atomic E-state index is -0.582. The van der Waals surface area contributed by atoms with E-state index >= 15 is 0 Å². The Morgan fingerprint density at radius 1 is 1.35 bits per heavy atom. The predicted octanol–water partition coefficient (Wildman–Crippen LogP) is 3.15. The molecule has 17 heavy (non-hydrogen) atoms. The summed E-state index contributed by atoms with van der Waals surface area (Å²) in [6, 6.07) is 3.42. The van der Waals surface area contributed by atoms with Gasteiger partial charge >= 0.3 is 5.97 Å². The molecule has 0 aliphatic carbocycles. The Bertz CT molecular complexity index is 376. The maximum Gasteiger partial charge on any atom is 0.306 e. The molecular weight excluding hydrogens is 246 g/mol. The first-order valence-corrected chi connectivity index (χ1v) is 6.19. The zero-order valence-electron chi connectivity index (χ0n) is 9.70. The summed E-state index contributed by atoms with van der Waals surface area (Å²) in [6.45, 7) is 1.87. The van der Waals surface area contributed by atoms with Crippen LogP contribution in [0.3, 0.4) is 0 Å². The van der Waals surface area contributed by atoms with Gasteiger partial charge in [-0.05, 0) is 17.7 Å². The molecule has 0 saturated heterocycles. The van der Waals surface area contributed by atoms with Gasteiger partial charge in [0.15, 0.2) is 0 Å². The lowest BCUT2D eigenvalue weighted by molar-refractivity contribution is -0.140. The predicted molar refractivity (Wildman–Crippen MR) is 63.7 cm³/mol. The van der Waals surface area contributed by atoms with E-state index in [0.717, 1.165) is 6.07 Å². The number of hydrogen-bond acceptors (Lipinski definition) is 3. The second kappa shape index (κ2) is 6.59. The third-order valence-electron chi connectivity index (χ3n) is 2.14. The highest BCUT2D eigenvalue weighted by Crippen LogP contribution is 2.21. The van der Waals surface area contributed by atoms with E-state index in [-0.39, 0.29) is 11.2 Å². The van der Waals surface area contributed by atoms with Crippen LogP contribution in [0, 0.1) is 11.6 Å². The minimum Gasteiger partial charge on any atom is -0.469 e. The monoisotopic (exact) mass is 260 g/mol. The molecule has 0 amide bonds. The lowest BCUT2D eigenvalue weighted by atomic mass is 10.2. The van der Waals surface area contributed by atoms with E-state index in [2.05, 4.69) is 4.74 Å². The molecule has 1 aromatic carbocycles. The molecular formula is C12H14F2O2S. The number of ether oxygens (including phenoxy) is 1. The van der Waals surface area contributed by atoms with Crippen LogP contribution in [-0.4, -0.2) is 18.3 Å². The summed E-state index contributed by atoms with van der Waals surface area (Å²) < 4.78 is 30.3. The molecule has 0 heterocycles. The number of hydrogen-bond donors (Lipinski definition) is 0. The van der Waals surface area contributed by atoms with Crippen molar-refractivity contribution in [3.63, 3.8) is 0 Å². The van der Waals surface area contributed by atoms with Crippen molar-refractivity contribution in [1.29, 1.82) is 0 Å². The summed E-state index contributed by atoms with van der Waals surface area (Å²) in [5, 5.41) is 0.0498. The second-order valence-electron chi connectivity index (χ2n) is 3.68. The van der Waals surface area contributed by atoms with Crippen LogP contribution < -0.4 is 0 Å². The fourth-order valence-corrected chi connectivity index (χ4v) is 2.21. The maximum absolute atomic E-state index is 12.9. The Labute approximate surface area is 103 Å². The summed E-state index contributed by atoms with van der Waals surface area (Å²) >= 11 is 1.46. The molecule has 0 radical (unpaired) electrons. The van der Waals surface area contributed by atoms with E-state index in [1.807, 2.05) is 6.92 Å². The van der Waals surface area contributed by atoms with Gasteiger partial charge in [0.25, 0.3) is 0 Å². The zero-order valence-corrected chi connectivity index (χ0v) is 10.5. The average Bonchev–Trinajstić information content (AvgIpc) is 2.25. The number of carbonyl (C=O) groups is 1. The van der Waals surface area contributed by atoms with Gasteiger partial charge in [-0.3, -0.25) is 4.79 Å². The standard InChI is InChI=1S/C12H14F2O2S/c1-8(3-12(15)16-2)17-7-9-4-10(13)6-11(14)5-9/h4-6,8H,3,7H2,1-2H3. The van der Waals surface area contributed by atoms with E-state index in [4.69, 9.17) is 0 Å². The first-order chi connectivity index (χ1) is 8.01. The molecule has 1 atom stereocenters. The van der Waals surface area contributed by atoms with Gasteiger partial charge in [-0.2, -0.15) is 11.8 Å². The van der Waals surface area contributed by atoms with Gasteiger partial charge in [-0.15, -0.1) is 0 Å². The van der Waals surface area contributed by atoms with Crippen LogP contribution in [0.5, 0.6) is 0 Å². The van der Waals surface area contributed by atoms with Gasteiger partial charge in [0.1, 0.15) is 11.6 Å². The van der Waals surface area contributed by atoms with E-state index in [1.54, 1.807) is 0 Å². The number of carbonyl (C=O) groups excluding carboxylic acids is 1. The van der Waals surface area contributed by atoms with Crippen molar-refractivity contribution in [3.8, 4) is 0 Å². The minimum absolute atomic E-state index is 0.0498. The Balaban J connectivity index is 2.47. The molecule has 5 heteroatoms. The summed E-state index contributed by atoms with van der Waals surface area (Å²) in [5.74, 6) is -0.981. The van der Waals surface area contributed by atoms with Crippen molar-refractivity contribution in [2.24, 2.45) is 0 Å². The molecule has 2 nitrogen and oxygen atoms in total. The lowest BCUT2D eigenvalue weighted by Crippen LogP contribution is -2.08. The molecule has 0 aromatic heterocycles. The van der Waals surface area contributed by atoms with Gasteiger partial charge in [0, 0.05) is 17.1 Å². The summed E-state index contributed by atoms with van der Waals surface area (Å²) in [7, 11) is 1.33. The van der Waals surface area contributed by atoms with Crippen molar-refractivity contribution < 1.29 is 18.3 Å². The van der Waals surface area contributed by atoms with Crippen LogP contribution in [0.1, 0.15) is 18.9 Å². The number of benzene rings is 1. The van der Waals surface area contributed by atoms with Crippen molar-refractivity contribution in [2.75, 3.05) is 7.11 Å². The van der Waals surface area contributed by atoms with Crippen molar-refractivity contribution in [3.05, 3.63) is 35.4 Å². The Morgan fingerprint density at radius 3 is 2.47 bits per heavy atom. The molecule has 0 aliphatic heterocycles. The molecule has 0 N–H and O–H groups in total. The largest absolute Gasteiger partial charge is 0.469 e. The smallest absolute Gasteiger partial charge is 0.306 e. The highest BCUT2D eigenvalue weighted by atomic mass is 32.2. The van der Waals surface area contributed by atoms with Crippen molar-refractivity contribution >= 4 is 17.7 Å².